The molecule has 2 N–H and O–H groups in total. The van der Waals surface area contributed by atoms with E-state index in [4.69, 9.17) is 9.88 Å². The van der Waals surface area contributed by atoms with E-state index in [1.54, 1.807) is 0 Å². The predicted octanol–water partition coefficient (Wildman–Crippen LogP) is 2.56. The van der Waals surface area contributed by atoms with E-state index < -0.39 is 37.9 Å². The number of ether oxygens (including phenoxy) is 1. The van der Waals surface area contributed by atoms with Crippen molar-refractivity contribution < 1.29 is 31.2 Å². The van der Waals surface area contributed by atoms with Gasteiger partial charge < -0.3 is 4.74 Å². The number of rotatable bonds is 9. The number of benzene rings is 2. The standard InChI is InChI=1S/C25H29N3O7S2/c1-35-20-9-13-22(14-10-20)37(33,34)27(16-15-18-5-3-2-4-6-18)23-17-24(29)28(25(23)30)19-7-11-21(12-8-19)36(26,31)32/h5,7-14,23H,2-4,6,15-17H2,1H3,(H2,26,31,32). The molecule has 1 fully saturated rings. The number of hydrogen-bond donors (Lipinski definition) is 1. The number of imide groups is 1. The van der Waals surface area contributed by atoms with Gasteiger partial charge in [0.25, 0.3) is 5.91 Å². The molecule has 0 saturated carbocycles. The number of hydrogen-bond acceptors (Lipinski definition) is 7. The van der Waals surface area contributed by atoms with Crippen molar-refractivity contribution in [2.75, 3.05) is 18.6 Å². The molecule has 1 aliphatic carbocycles. The summed E-state index contributed by atoms with van der Waals surface area (Å²) < 4.78 is 56.9. The number of carbonyl (C=O) groups excluding carboxylic acids is 2. The summed E-state index contributed by atoms with van der Waals surface area (Å²) in [4.78, 5) is 27.2. The molecule has 0 bridgehead atoms. The monoisotopic (exact) mass is 547 g/mol. The topological polar surface area (TPSA) is 144 Å². The molecule has 12 heteroatoms. The third-order valence-electron chi connectivity index (χ3n) is 6.60. The van der Waals surface area contributed by atoms with Gasteiger partial charge >= 0.3 is 0 Å². The van der Waals surface area contributed by atoms with Crippen molar-refractivity contribution in [1.82, 2.24) is 4.31 Å². The Kier molecular flexibility index (Phi) is 7.83. The number of primary sulfonamides is 1. The molecule has 37 heavy (non-hydrogen) atoms. The van der Waals surface area contributed by atoms with Crippen LogP contribution < -0.4 is 14.8 Å². The number of carbonyl (C=O) groups is 2. The fourth-order valence-corrected chi connectivity index (χ4v) is 6.71. The molecular formula is C25H29N3O7S2. The first-order valence-electron chi connectivity index (χ1n) is 11.9. The second-order valence-corrected chi connectivity index (χ2v) is 12.4. The van der Waals surface area contributed by atoms with E-state index in [2.05, 4.69) is 6.08 Å². The molecule has 1 atom stereocenters. The maximum atomic E-state index is 13.7. The number of methoxy groups -OCH3 is 1. The molecule has 2 aromatic carbocycles. The predicted molar refractivity (Wildman–Crippen MR) is 137 cm³/mol. The van der Waals surface area contributed by atoms with Crippen molar-refractivity contribution in [3.05, 3.63) is 60.2 Å². The SMILES string of the molecule is COc1ccc(S(=O)(=O)N(CCC2=CCCCC2)C2CC(=O)N(c3ccc(S(N)(=O)=O)cc3)C2=O)cc1. The van der Waals surface area contributed by atoms with Gasteiger partial charge in [0, 0.05) is 6.54 Å². The van der Waals surface area contributed by atoms with Gasteiger partial charge in [-0.1, -0.05) is 11.6 Å². The largest absolute Gasteiger partial charge is 0.497 e. The molecule has 2 aliphatic rings. The number of nitrogens with zero attached hydrogens (tertiary/aromatic N) is 2. The van der Waals surface area contributed by atoms with Crippen LogP contribution in [0.25, 0.3) is 0 Å². The van der Waals surface area contributed by atoms with Gasteiger partial charge in [-0.2, -0.15) is 4.31 Å². The summed E-state index contributed by atoms with van der Waals surface area (Å²) in [6, 6.07) is 9.62. The zero-order valence-electron chi connectivity index (χ0n) is 20.4. The second kappa shape index (κ2) is 10.7. The molecule has 1 saturated heterocycles. The Morgan fingerprint density at radius 3 is 2.19 bits per heavy atom. The molecular weight excluding hydrogens is 518 g/mol. The van der Waals surface area contributed by atoms with Crippen LogP contribution in [0.15, 0.2) is 70.0 Å². The highest BCUT2D eigenvalue weighted by atomic mass is 32.2. The third kappa shape index (κ3) is 5.77. The van der Waals surface area contributed by atoms with E-state index in [0.717, 1.165) is 40.5 Å². The van der Waals surface area contributed by atoms with Crippen LogP contribution >= 0.6 is 0 Å². The van der Waals surface area contributed by atoms with Crippen LogP contribution in [0.4, 0.5) is 5.69 Å². The van der Waals surface area contributed by atoms with Gasteiger partial charge in [0.1, 0.15) is 11.8 Å². The highest BCUT2D eigenvalue weighted by molar-refractivity contribution is 7.89. The Bertz CT molecular complexity index is 1420. The summed E-state index contributed by atoms with van der Waals surface area (Å²) in [6.07, 6.45) is 6.16. The van der Waals surface area contributed by atoms with Crippen molar-refractivity contribution in [1.29, 1.82) is 0 Å². The van der Waals surface area contributed by atoms with Crippen LogP contribution in [-0.2, 0) is 29.6 Å². The molecule has 1 unspecified atom stereocenters. The van der Waals surface area contributed by atoms with Crippen molar-refractivity contribution in [3.8, 4) is 5.75 Å². The molecule has 0 spiro atoms. The van der Waals surface area contributed by atoms with Crippen LogP contribution in [0, 0.1) is 0 Å². The first-order valence-corrected chi connectivity index (χ1v) is 14.8. The summed E-state index contributed by atoms with van der Waals surface area (Å²) in [5, 5.41) is 5.13. The zero-order valence-corrected chi connectivity index (χ0v) is 22.0. The van der Waals surface area contributed by atoms with Crippen molar-refractivity contribution in [2.24, 2.45) is 5.14 Å². The third-order valence-corrected chi connectivity index (χ3v) is 9.45. The van der Waals surface area contributed by atoms with Crippen LogP contribution in [0.5, 0.6) is 5.75 Å². The van der Waals surface area contributed by atoms with Crippen LogP contribution in [0.3, 0.4) is 0 Å². The first-order chi connectivity index (χ1) is 17.5. The summed E-state index contributed by atoms with van der Waals surface area (Å²) in [5.41, 5.74) is 1.27. The summed E-state index contributed by atoms with van der Waals surface area (Å²) >= 11 is 0. The van der Waals surface area contributed by atoms with E-state index in [1.165, 1.54) is 55.6 Å². The van der Waals surface area contributed by atoms with Crippen LogP contribution in [0.1, 0.15) is 38.5 Å². The Morgan fingerprint density at radius 2 is 1.62 bits per heavy atom. The lowest BCUT2D eigenvalue weighted by Crippen LogP contribution is -2.46. The van der Waals surface area contributed by atoms with Crippen molar-refractivity contribution in [2.45, 2.75) is 54.4 Å². The van der Waals surface area contributed by atoms with Gasteiger partial charge in [0.15, 0.2) is 0 Å². The molecule has 2 amide bonds. The molecule has 0 radical (unpaired) electrons. The molecule has 2 aromatic rings. The van der Waals surface area contributed by atoms with Gasteiger partial charge in [-0.3, -0.25) is 9.59 Å². The number of sulfonamides is 2. The fourth-order valence-electron chi connectivity index (χ4n) is 4.61. The Hall–Kier alpha value is -3.06. The molecule has 1 aliphatic heterocycles. The minimum Gasteiger partial charge on any atom is -0.497 e. The van der Waals surface area contributed by atoms with Gasteiger partial charge in [-0.25, -0.2) is 26.9 Å². The van der Waals surface area contributed by atoms with Crippen molar-refractivity contribution >= 4 is 37.5 Å². The van der Waals surface area contributed by atoms with Crippen molar-refractivity contribution in [3.63, 3.8) is 0 Å². The van der Waals surface area contributed by atoms with E-state index in [9.17, 15) is 26.4 Å². The summed E-state index contributed by atoms with van der Waals surface area (Å²) in [7, 11) is -6.63. The van der Waals surface area contributed by atoms with Gasteiger partial charge in [-0.15, -0.1) is 0 Å². The molecule has 4 rings (SSSR count). The summed E-state index contributed by atoms with van der Waals surface area (Å²) in [6.45, 7) is 0.0437. The number of amides is 2. The maximum absolute atomic E-state index is 13.7. The highest BCUT2D eigenvalue weighted by Gasteiger charge is 2.46. The summed E-state index contributed by atoms with van der Waals surface area (Å²) in [5.74, 6) is -0.785. The zero-order chi connectivity index (χ0) is 26.8. The van der Waals surface area contributed by atoms with Gasteiger partial charge in [-0.05, 0) is 80.6 Å². The lowest BCUT2D eigenvalue weighted by molar-refractivity contribution is -0.122. The highest BCUT2D eigenvalue weighted by Crippen LogP contribution is 2.31. The quantitative estimate of drug-likeness (QED) is 0.375. The van der Waals surface area contributed by atoms with E-state index in [0.29, 0.717) is 12.2 Å². The van der Waals surface area contributed by atoms with Gasteiger partial charge in [0.2, 0.25) is 26.0 Å². The Morgan fingerprint density at radius 1 is 0.973 bits per heavy atom. The lowest BCUT2D eigenvalue weighted by Gasteiger charge is -2.28. The lowest BCUT2D eigenvalue weighted by atomic mass is 9.97. The minimum absolute atomic E-state index is 0.0119. The molecule has 1 heterocycles. The molecule has 0 aromatic heterocycles. The van der Waals surface area contributed by atoms with E-state index >= 15 is 0 Å². The fraction of sp³-hybridized carbons (Fsp3) is 0.360. The average molecular weight is 548 g/mol. The normalized spacial score (nSPS) is 18.8. The molecule has 10 nitrogen and oxygen atoms in total. The second-order valence-electron chi connectivity index (χ2n) is 8.98. The van der Waals surface area contributed by atoms with Crippen LogP contribution in [0.2, 0.25) is 0 Å². The smallest absolute Gasteiger partial charge is 0.252 e. The minimum atomic E-state index is -4.14. The number of allylic oxidation sites excluding steroid dienone is 1. The Balaban J connectivity index is 1.66. The van der Waals surface area contributed by atoms with E-state index in [-0.39, 0.29) is 28.4 Å². The maximum Gasteiger partial charge on any atom is 0.252 e. The van der Waals surface area contributed by atoms with Crippen LogP contribution in [-0.4, -0.2) is 52.7 Å². The first kappa shape index (κ1) is 27.0. The average Bonchev–Trinajstić information content (AvgIpc) is 3.17. The number of anilines is 1. The molecule has 198 valence electrons. The van der Waals surface area contributed by atoms with E-state index in [1.807, 2.05) is 0 Å². The number of nitrogens with two attached hydrogens (primary N) is 1. The van der Waals surface area contributed by atoms with Gasteiger partial charge in [0.05, 0.1) is 29.0 Å². The Labute approximate surface area is 216 Å².